The number of pyridine rings is 1. The molecule has 3 N–H and O–H groups in total. The summed E-state index contributed by atoms with van der Waals surface area (Å²) in [5.41, 5.74) is 0.505. The van der Waals surface area contributed by atoms with Crippen LogP contribution in [0.2, 0.25) is 0 Å². The number of nitrogens with one attached hydrogen (secondary N) is 3. The Balaban J connectivity index is 1.48. The molecule has 2 aromatic rings. The average Bonchev–Trinajstić information content (AvgIpc) is 3.33. The molecule has 15 nitrogen and oxygen atoms in total. The Labute approximate surface area is 260 Å². The molecule has 3 amide bonds. The van der Waals surface area contributed by atoms with Gasteiger partial charge >= 0.3 is 24.2 Å². The minimum atomic E-state index is -1.20. The molecule has 15 heteroatoms. The molecule has 1 aromatic carbocycles. The molecular formula is C30H38N5O10-. The van der Waals surface area contributed by atoms with E-state index in [9.17, 15) is 24.4 Å². The number of hydrogen-bond donors (Lipinski definition) is 3. The molecule has 2 aliphatic rings. The van der Waals surface area contributed by atoms with Crippen LogP contribution in [-0.2, 0) is 30.3 Å². The first-order chi connectivity index (χ1) is 21.4. The molecule has 4 rings (SSSR count). The summed E-state index contributed by atoms with van der Waals surface area (Å²) in [4.78, 5) is 55.7. The minimum Gasteiger partial charge on any atom is -0.760 e. The van der Waals surface area contributed by atoms with Crippen LogP contribution in [0, 0.1) is 5.21 Å². The van der Waals surface area contributed by atoms with Crippen LogP contribution >= 0.6 is 0 Å². The van der Waals surface area contributed by atoms with Crippen LogP contribution in [0.3, 0.4) is 0 Å². The smallest absolute Gasteiger partial charge is 0.416 e. The maximum Gasteiger partial charge on any atom is 0.416 e. The van der Waals surface area contributed by atoms with Gasteiger partial charge in [-0.2, -0.15) is 0 Å². The van der Waals surface area contributed by atoms with Crippen LogP contribution in [0.4, 0.5) is 26.0 Å². The lowest BCUT2D eigenvalue weighted by Crippen LogP contribution is -2.61. The fourth-order valence-electron chi connectivity index (χ4n) is 5.11. The van der Waals surface area contributed by atoms with Gasteiger partial charge in [0.15, 0.2) is 23.8 Å². The summed E-state index contributed by atoms with van der Waals surface area (Å²) >= 11 is 0. The maximum absolute atomic E-state index is 13.2. The Bertz CT molecular complexity index is 1370. The van der Waals surface area contributed by atoms with E-state index in [0.717, 1.165) is 5.56 Å². The average molecular weight is 629 g/mol. The SMILES string of the molecule is CCOC(=O)COc1ccc(N2C[C@@]3(CC[C@H](NC(=O)OCc4ccccc4)C[C@H]3NC(=O)OC(C)(C)C)OC2=O)nc1N[O-]. The number of rotatable bonds is 10. The van der Waals surface area contributed by atoms with Crippen molar-refractivity contribution in [2.45, 2.75) is 76.9 Å². The molecule has 1 saturated heterocycles. The number of carbonyl (C=O) groups is 4. The van der Waals surface area contributed by atoms with Crippen LogP contribution in [-0.4, -0.2) is 72.3 Å². The van der Waals surface area contributed by atoms with Gasteiger partial charge in [0, 0.05) is 6.04 Å². The first kappa shape index (κ1) is 33.1. The van der Waals surface area contributed by atoms with Crippen LogP contribution < -0.4 is 25.8 Å². The summed E-state index contributed by atoms with van der Waals surface area (Å²) in [6.07, 6.45) is -1.19. The second-order valence-electron chi connectivity index (χ2n) is 11.6. The van der Waals surface area contributed by atoms with Crippen LogP contribution in [0.5, 0.6) is 5.75 Å². The van der Waals surface area contributed by atoms with Crippen molar-refractivity contribution in [3.8, 4) is 5.75 Å². The number of hydrogen-bond acceptors (Lipinski definition) is 12. The Morgan fingerprint density at radius 1 is 1.09 bits per heavy atom. The lowest BCUT2D eigenvalue weighted by molar-refractivity contribution is -0.145. The third-order valence-electron chi connectivity index (χ3n) is 7.10. The van der Waals surface area contributed by atoms with Crippen molar-refractivity contribution >= 4 is 35.9 Å². The molecule has 244 valence electrons. The number of benzene rings is 1. The molecule has 0 unspecified atom stereocenters. The Hall–Kier alpha value is -4.79. The van der Waals surface area contributed by atoms with Gasteiger partial charge < -0.3 is 45.0 Å². The van der Waals surface area contributed by atoms with Crippen molar-refractivity contribution in [1.82, 2.24) is 15.6 Å². The number of aromatic nitrogens is 1. The van der Waals surface area contributed by atoms with Gasteiger partial charge in [0.05, 0.1) is 19.2 Å². The number of nitrogens with zero attached hydrogens (tertiary/aromatic N) is 2. The highest BCUT2D eigenvalue weighted by Gasteiger charge is 2.55. The molecule has 1 aliphatic carbocycles. The first-order valence-corrected chi connectivity index (χ1v) is 14.6. The monoisotopic (exact) mass is 628 g/mol. The number of alkyl carbamates (subject to hydrolysis) is 2. The van der Waals surface area contributed by atoms with Gasteiger partial charge in [-0.1, -0.05) is 30.3 Å². The van der Waals surface area contributed by atoms with Gasteiger partial charge in [-0.05, 0) is 64.7 Å². The number of esters is 1. The van der Waals surface area contributed by atoms with Crippen molar-refractivity contribution in [1.29, 1.82) is 0 Å². The zero-order valence-electron chi connectivity index (χ0n) is 25.6. The first-order valence-electron chi connectivity index (χ1n) is 14.6. The van der Waals surface area contributed by atoms with Gasteiger partial charge in [-0.3, -0.25) is 4.90 Å². The van der Waals surface area contributed by atoms with Crippen molar-refractivity contribution in [2.75, 3.05) is 30.1 Å². The third kappa shape index (κ3) is 8.88. The number of ether oxygens (including phenoxy) is 5. The molecule has 1 saturated carbocycles. The Morgan fingerprint density at radius 3 is 2.53 bits per heavy atom. The van der Waals surface area contributed by atoms with Gasteiger partial charge in [-0.15, -0.1) is 0 Å². The van der Waals surface area contributed by atoms with E-state index >= 15 is 0 Å². The number of carbonyl (C=O) groups excluding carboxylic acids is 4. The highest BCUT2D eigenvalue weighted by molar-refractivity contribution is 5.90. The van der Waals surface area contributed by atoms with E-state index < -0.39 is 54.1 Å². The van der Waals surface area contributed by atoms with E-state index in [4.69, 9.17) is 23.7 Å². The third-order valence-corrected chi connectivity index (χ3v) is 7.10. The maximum atomic E-state index is 13.2. The highest BCUT2D eigenvalue weighted by Crippen LogP contribution is 2.40. The van der Waals surface area contributed by atoms with E-state index in [2.05, 4.69) is 15.6 Å². The van der Waals surface area contributed by atoms with E-state index in [1.165, 1.54) is 17.0 Å². The fraction of sp³-hybridized carbons (Fsp3) is 0.500. The highest BCUT2D eigenvalue weighted by atomic mass is 16.6. The van der Waals surface area contributed by atoms with Gasteiger partial charge in [0.2, 0.25) is 0 Å². The van der Waals surface area contributed by atoms with Gasteiger partial charge in [-0.25, -0.2) is 24.2 Å². The summed E-state index contributed by atoms with van der Waals surface area (Å²) < 4.78 is 26.9. The zero-order valence-corrected chi connectivity index (χ0v) is 25.6. The molecule has 1 aliphatic heterocycles. The van der Waals surface area contributed by atoms with Crippen LogP contribution in [0.25, 0.3) is 0 Å². The molecule has 0 radical (unpaired) electrons. The molecule has 0 bridgehead atoms. The summed E-state index contributed by atoms with van der Waals surface area (Å²) in [6.45, 7) is 6.62. The van der Waals surface area contributed by atoms with Gasteiger partial charge in [0.25, 0.3) is 0 Å². The summed E-state index contributed by atoms with van der Waals surface area (Å²) in [5.74, 6) is -0.809. The second kappa shape index (κ2) is 14.3. The molecule has 1 spiro atoms. The Morgan fingerprint density at radius 2 is 1.84 bits per heavy atom. The number of amides is 3. The topological polar surface area (TPSA) is 190 Å². The zero-order chi connectivity index (χ0) is 32.6. The molecule has 1 aromatic heterocycles. The van der Waals surface area contributed by atoms with Crippen molar-refractivity contribution in [2.24, 2.45) is 0 Å². The standard InChI is InChI=1S/C30H38N5O10/c1-5-41-24(36)17-42-21-11-12-23(33-25(21)34-40)35-18-30(45-28(35)39)14-13-20(15-22(30)32-27(38)44-29(2,3)4)31-26(37)43-16-19-9-7-6-8-10-19/h6-12,20,22H,5,13-18H2,1-4H3,(H3-,31,32,33,34,37,38,40)/q-1/t20-,22+,30+/m0/s1. The lowest BCUT2D eigenvalue weighted by atomic mass is 9.77. The Kier molecular flexibility index (Phi) is 10.5. The molecular weight excluding hydrogens is 590 g/mol. The predicted molar refractivity (Wildman–Crippen MR) is 160 cm³/mol. The molecule has 45 heavy (non-hydrogen) atoms. The van der Waals surface area contributed by atoms with Crippen molar-refractivity contribution < 1.29 is 42.9 Å². The summed E-state index contributed by atoms with van der Waals surface area (Å²) in [5, 5.41) is 17.3. The fourth-order valence-corrected chi connectivity index (χ4v) is 5.11. The second-order valence-corrected chi connectivity index (χ2v) is 11.6. The normalized spacial score (nSPS) is 21.0. The predicted octanol–water partition coefficient (Wildman–Crippen LogP) is 4.00. The van der Waals surface area contributed by atoms with Crippen molar-refractivity contribution in [3.05, 3.63) is 53.2 Å². The molecule has 2 heterocycles. The summed E-state index contributed by atoms with van der Waals surface area (Å²) in [7, 11) is 0. The lowest BCUT2D eigenvalue weighted by Gasteiger charge is -2.42. The number of anilines is 2. The van der Waals surface area contributed by atoms with E-state index in [1.54, 1.807) is 33.2 Å². The van der Waals surface area contributed by atoms with Crippen molar-refractivity contribution in [3.63, 3.8) is 0 Å². The van der Waals surface area contributed by atoms with Gasteiger partial charge in [0.1, 0.15) is 18.0 Å². The summed E-state index contributed by atoms with van der Waals surface area (Å²) in [6, 6.07) is 10.9. The largest absolute Gasteiger partial charge is 0.760 e. The van der Waals surface area contributed by atoms with Crippen LogP contribution in [0.15, 0.2) is 42.5 Å². The quantitative estimate of drug-likeness (QED) is 0.195. The van der Waals surface area contributed by atoms with E-state index in [0.29, 0.717) is 6.42 Å². The van der Waals surface area contributed by atoms with Crippen LogP contribution in [0.1, 0.15) is 52.5 Å². The molecule has 3 atom stereocenters. The van der Waals surface area contributed by atoms with E-state index in [-0.39, 0.29) is 50.0 Å². The van der Waals surface area contributed by atoms with E-state index in [1.807, 2.05) is 30.3 Å². The minimum absolute atomic E-state index is 0.0146. The molecule has 2 fully saturated rings.